The van der Waals surface area contributed by atoms with Gasteiger partial charge in [-0.15, -0.1) is 0 Å². The highest BCUT2D eigenvalue weighted by Gasteiger charge is 2.36. The standard InChI is InChI=1S/C12H12F3N5/c1-2-3-8-9(7-4-17-6-18-5-7)19-11(12(13,14)15)20-10(8)16/h4-6H,2-3H2,1H3,(H2,16,19,20). The van der Waals surface area contributed by atoms with Crippen molar-refractivity contribution in [1.82, 2.24) is 19.9 Å². The Morgan fingerprint density at radius 1 is 1.15 bits per heavy atom. The van der Waals surface area contributed by atoms with E-state index in [9.17, 15) is 13.2 Å². The average molecular weight is 283 g/mol. The monoisotopic (exact) mass is 283 g/mol. The van der Waals surface area contributed by atoms with Crippen LogP contribution in [-0.2, 0) is 12.6 Å². The highest BCUT2D eigenvalue weighted by atomic mass is 19.4. The molecule has 5 nitrogen and oxygen atoms in total. The minimum Gasteiger partial charge on any atom is -0.383 e. The number of nitrogens with zero attached hydrogens (tertiary/aromatic N) is 4. The van der Waals surface area contributed by atoms with E-state index < -0.39 is 12.0 Å². The number of rotatable bonds is 3. The number of hydrogen-bond donors (Lipinski definition) is 1. The molecule has 0 unspecified atom stereocenters. The molecule has 0 aromatic carbocycles. The van der Waals surface area contributed by atoms with Crippen LogP contribution in [0.3, 0.4) is 0 Å². The van der Waals surface area contributed by atoms with Crippen molar-refractivity contribution >= 4 is 5.82 Å². The predicted molar refractivity (Wildman–Crippen MR) is 66.5 cm³/mol. The van der Waals surface area contributed by atoms with Crippen LogP contribution >= 0.6 is 0 Å². The zero-order chi connectivity index (χ0) is 14.8. The van der Waals surface area contributed by atoms with Gasteiger partial charge in [0.05, 0.1) is 5.69 Å². The van der Waals surface area contributed by atoms with Gasteiger partial charge in [-0.3, -0.25) is 0 Å². The number of hydrogen-bond acceptors (Lipinski definition) is 5. The molecule has 0 saturated carbocycles. The first kappa shape index (κ1) is 14.2. The number of halogens is 3. The van der Waals surface area contributed by atoms with Crippen molar-refractivity contribution in [3.05, 3.63) is 30.1 Å². The Hall–Kier alpha value is -2.25. The Labute approximate surface area is 113 Å². The summed E-state index contributed by atoms with van der Waals surface area (Å²) >= 11 is 0. The van der Waals surface area contributed by atoms with E-state index in [1.54, 1.807) is 0 Å². The summed E-state index contributed by atoms with van der Waals surface area (Å²) in [5, 5.41) is 0. The first-order valence-corrected chi connectivity index (χ1v) is 5.92. The van der Waals surface area contributed by atoms with Crippen molar-refractivity contribution in [3.8, 4) is 11.3 Å². The summed E-state index contributed by atoms with van der Waals surface area (Å²) in [6.45, 7) is 1.89. The van der Waals surface area contributed by atoms with E-state index >= 15 is 0 Å². The molecule has 2 aromatic heterocycles. The molecule has 2 N–H and O–H groups in total. The summed E-state index contributed by atoms with van der Waals surface area (Å²) in [4.78, 5) is 14.5. The second-order valence-corrected chi connectivity index (χ2v) is 4.13. The topological polar surface area (TPSA) is 77.6 Å². The van der Waals surface area contributed by atoms with Crippen LogP contribution in [0.15, 0.2) is 18.7 Å². The van der Waals surface area contributed by atoms with E-state index in [2.05, 4.69) is 19.9 Å². The lowest BCUT2D eigenvalue weighted by molar-refractivity contribution is -0.144. The van der Waals surface area contributed by atoms with E-state index in [4.69, 9.17) is 5.73 Å². The van der Waals surface area contributed by atoms with Gasteiger partial charge in [0.2, 0.25) is 5.82 Å². The van der Waals surface area contributed by atoms with Crippen LogP contribution in [0.5, 0.6) is 0 Å². The van der Waals surface area contributed by atoms with Gasteiger partial charge in [-0.05, 0) is 6.42 Å². The Kier molecular flexibility index (Phi) is 3.82. The zero-order valence-electron chi connectivity index (χ0n) is 10.6. The number of nitrogen functional groups attached to an aromatic ring is 1. The lowest BCUT2D eigenvalue weighted by atomic mass is 10.0. The smallest absolute Gasteiger partial charge is 0.383 e. The summed E-state index contributed by atoms with van der Waals surface area (Å²) in [7, 11) is 0. The van der Waals surface area contributed by atoms with Crippen molar-refractivity contribution < 1.29 is 13.2 Å². The summed E-state index contributed by atoms with van der Waals surface area (Å²) < 4.78 is 38.3. The fraction of sp³-hybridized carbons (Fsp3) is 0.333. The molecular formula is C12H12F3N5. The van der Waals surface area contributed by atoms with Crippen LogP contribution in [0.25, 0.3) is 11.3 Å². The molecule has 2 heterocycles. The van der Waals surface area contributed by atoms with Gasteiger partial charge >= 0.3 is 6.18 Å². The van der Waals surface area contributed by atoms with Crippen molar-refractivity contribution in [2.75, 3.05) is 5.73 Å². The highest BCUT2D eigenvalue weighted by molar-refractivity contribution is 5.66. The largest absolute Gasteiger partial charge is 0.451 e. The second-order valence-electron chi connectivity index (χ2n) is 4.13. The van der Waals surface area contributed by atoms with Crippen LogP contribution in [0.2, 0.25) is 0 Å². The summed E-state index contributed by atoms with van der Waals surface area (Å²) in [5.41, 5.74) is 6.65. The van der Waals surface area contributed by atoms with Crippen molar-refractivity contribution in [2.45, 2.75) is 25.9 Å². The molecule has 2 rings (SSSR count). The molecule has 0 aliphatic carbocycles. The van der Waals surface area contributed by atoms with Gasteiger partial charge in [-0.1, -0.05) is 13.3 Å². The minimum atomic E-state index is -4.65. The van der Waals surface area contributed by atoms with Crippen molar-refractivity contribution in [3.63, 3.8) is 0 Å². The number of alkyl halides is 3. The molecule has 0 saturated heterocycles. The molecule has 2 aromatic rings. The van der Waals surface area contributed by atoms with E-state index in [0.717, 1.165) is 0 Å². The Morgan fingerprint density at radius 2 is 1.80 bits per heavy atom. The van der Waals surface area contributed by atoms with E-state index in [1.807, 2.05) is 6.92 Å². The third-order valence-electron chi connectivity index (χ3n) is 2.63. The Bertz CT molecular complexity index is 598. The van der Waals surface area contributed by atoms with Gasteiger partial charge in [-0.25, -0.2) is 19.9 Å². The SMILES string of the molecule is CCCc1c(N)nc(C(F)(F)F)nc1-c1cncnc1. The van der Waals surface area contributed by atoms with E-state index in [0.29, 0.717) is 24.0 Å². The molecule has 0 amide bonds. The Balaban J connectivity index is 2.65. The van der Waals surface area contributed by atoms with E-state index in [-0.39, 0.29) is 11.5 Å². The van der Waals surface area contributed by atoms with Crippen LogP contribution < -0.4 is 5.73 Å². The zero-order valence-corrected chi connectivity index (χ0v) is 10.6. The molecule has 0 spiro atoms. The molecule has 0 aliphatic heterocycles. The third-order valence-corrected chi connectivity index (χ3v) is 2.63. The number of anilines is 1. The minimum absolute atomic E-state index is 0.132. The number of nitrogens with two attached hydrogens (primary N) is 1. The van der Waals surface area contributed by atoms with Crippen LogP contribution in [0, 0.1) is 0 Å². The van der Waals surface area contributed by atoms with Gasteiger partial charge in [0, 0.05) is 23.5 Å². The fourth-order valence-electron chi connectivity index (χ4n) is 1.78. The lowest BCUT2D eigenvalue weighted by Gasteiger charge is -2.13. The average Bonchev–Trinajstić information content (AvgIpc) is 2.41. The van der Waals surface area contributed by atoms with Crippen LogP contribution in [-0.4, -0.2) is 19.9 Å². The lowest BCUT2D eigenvalue weighted by Crippen LogP contribution is -2.15. The predicted octanol–water partition coefficient (Wildman–Crippen LogP) is 2.49. The molecule has 106 valence electrons. The van der Waals surface area contributed by atoms with Crippen LogP contribution in [0.1, 0.15) is 24.7 Å². The first-order valence-electron chi connectivity index (χ1n) is 5.92. The summed E-state index contributed by atoms with van der Waals surface area (Å²) in [6.07, 6.45) is 0.622. The molecule has 0 bridgehead atoms. The highest BCUT2D eigenvalue weighted by Crippen LogP contribution is 2.32. The molecule has 0 radical (unpaired) electrons. The maximum absolute atomic E-state index is 12.8. The first-order chi connectivity index (χ1) is 9.43. The van der Waals surface area contributed by atoms with Gasteiger partial charge in [0.25, 0.3) is 0 Å². The van der Waals surface area contributed by atoms with Crippen molar-refractivity contribution in [1.29, 1.82) is 0 Å². The normalized spacial score (nSPS) is 11.6. The molecule has 0 fully saturated rings. The van der Waals surface area contributed by atoms with E-state index in [1.165, 1.54) is 18.7 Å². The quantitative estimate of drug-likeness (QED) is 0.936. The molecule has 20 heavy (non-hydrogen) atoms. The maximum atomic E-state index is 12.8. The van der Waals surface area contributed by atoms with Gasteiger partial charge < -0.3 is 5.73 Å². The maximum Gasteiger partial charge on any atom is 0.451 e. The van der Waals surface area contributed by atoms with Gasteiger partial charge in [0.15, 0.2) is 0 Å². The molecule has 8 heteroatoms. The molecule has 0 aliphatic rings. The fourth-order valence-corrected chi connectivity index (χ4v) is 1.78. The summed E-state index contributed by atoms with van der Waals surface area (Å²) in [5.74, 6) is -1.42. The van der Waals surface area contributed by atoms with Crippen molar-refractivity contribution in [2.24, 2.45) is 0 Å². The van der Waals surface area contributed by atoms with Crippen LogP contribution in [0.4, 0.5) is 19.0 Å². The molecule has 0 atom stereocenters. The van der Waals surface area contributed by atoms with Gasteiger partial charge in [0.1, 0.15) is 12.1 Å². The molecular weight excluding hydrogens is 271 g/mol. The second kappa shape index (κ2) is 5.40. The van der Waals surface area contributed by atoms with Gasteiger partial charge in [-0.2, -0.15) is 13.2 Å². The number of aromatic nitrogens is 4. The Morgan fingerprint density at radius 3 is 2.35 bits per heavy atom. The third kappa shape index (κ3) is 2.84. The summed E-state index contributed by atoms with van der Waals surface area (Å²) in [6, 6.07) is 0.